The van der Waals surface area contributed by atoms with E-state index < -0.39 is 0 Å². The van der Waals surface area contributed by atoms with Crippen LogP contribution in [0.2, 0.25) is 0 Å². The molecule has 1 unspecified atom stereocenters. The second kappa shape index (κ2) is 3.66. The molecule has 0 amide bonds. The Morgan fingerprint density at radius 3 is 2.62 bits per heavy atom. The highest BCUT2D eigenvalue weighted by Crippen LogP contribution is 2.35. The predicted octanol–water partition coefficient (Wildman–Crippen LogP) is 1.14. The third-order valence-corrected chi connectivity index (χ3v) is 2.95. The Morgan fingerprint density at radius 1 is 1.62 bits per heavy atom. The van der Waals surface area contributed by atoms with Crippen molar-refractivity contribution in [3.05, 3.63) is 0 Å². The Labute approximate surface area is 80.1 Å². The summed E-state index contributed by atoms with van der Waals surface area (Å²) < 4.78 is 4.80. The number of nitrogens with zero attached hydrogens (tertiary/aromatic N) is 1. The van der Waals surface area contributed by atoms with Gasteiger partial charge in [-0.05, 0) is 12.0 Å². The van der Waals surface area contributed by atoms with Crippen LogP contribution in [-0.2, 0) is 9.53 Å². The summed E-state index contributed by atoms with van der Waals surface area (Å²) >= 11 is 0. The summed E-state index contributed by atoms with van der Waals surface area (Å²) in [6.07, 6.45) is 0. The molecule has 0 aromatic rings. The topological polar surface area (TPSA) is 29.5 Å². The lowest BCUT2D eigenvalue weighted by atomic mass is 9.82. The monoisotopic (exact) mass is 185 g/mol. The molecule has 1 fully saturated rings. The number of rotatable bonds is 2. The molecule has 1 atom stereocenters. The summed E-state index contributed by atoms with van der Waals surface area (Å²) in [5.74, 6) is -0.0293. The average molecular weight is 185 g/mol. The molecule has 0 spiro atoms. The lowest BCUT2D eigenvalue weighted by Crippen LogP contribution is -2.30. The van der Waals surface area contributed by atoms with Crippen LogP contribution in [0.25, 0.3) is 0 Å². The van der Waals surface area contributed by atoms with E-state index in [1.165, 1.54) is 7.11 Å². The number of likely N-dealkylation sites (tertiary alicyclic amines) is 1. The van der Waals surface area contributed by atoms with Gasteiger partial charge in [0.15, 0.2) is 0 Å². The van der Waals surface area contributed by atoms with E-state index >= 15 is 0 Å². The van der Waals surface area contributed by atoms with Gasteiger partial charge < -0.3 is 9.64 Å². The molecule has 3 heteroatoms. The standard InChI is InChI=1S/C10H19NO2/c1-5-11-6-8(9(12)13-4)10(2,3)7-11/h8H,5-7H2,1-4H3. The first-order valence-electron chi connectivity index (χ1n) is 4.81. The first-order valence-corrected chi connectivity index (χ1v) is 4.81. The van der Waals surface area contributed by atoms with E-state index in [-0.39, 0.29) is 17.3 Å². The molecule has 0 aromatic heterocycles. The van der Waals surface area contributed by atoms with E-state index in [0.717, 1.165) is 19.6 Å². The molecule has 76 valence electrons. The number of hydrogen-bond donors (Lipinski definition) is 0. The van der Waals surface area contributed by atoms with Gasteiger partial charge in [0.25, 0.3) is 0 Å². The van der Waals surface area contributed by atoms with Gasteiger partial charge in [0, 0.05) is 13.1 Å². The van der Waals surface area contributed by atoms with E-state index in [4.69, 9.17) is 4.74 Å². The molecule has 3 nitrogen and oxygen atoms in total. The first kappa shape index (κ1) is 10.5. The zero-order chi connectivity index (χ0) is 10.1. The van der Waals surface area contributed by atoms with Crippen molar-refractivity contribution in [3.63, 3.8) is 0 Å². The molecule has 1 saturated heterocycles. The Hall–Kier alpha value is -0.570. The highest BCUT2D eigenvalue weighted by atomic mass is 16.5. The molecule has 0 radical (unpaired) electrons. The number of carbonyl (C=O) groups excluding carboxylic acids is 1. The van der Waals surface area contributed by atoms with Crippen molar-refractivity contribution in [1.82, 2.24) is 4.90 Å². The minimum Gasteiger partial charge on any atom is -0.469 e. The Kier molecular flexibility index (Phi) is 2.96. The lowest BCUT2D eigenvalue weighted by molar-refractivity contribution is -0.147. The Balaban J connectivity index is 2.69. The maximum atomic E-state index is 11.4. The van der Waals surface area contributed by atoms with Gasteiger partial charge >= 0.3 is 5.97 Å². The van der Waals surface area contributed by atoms with Crippen molar-refractivity contribution in [1.29, 1.82) is 0 Å². The molecule has 13 heavy (non-hydrogen) atoms. The first-order chi connectivity index (χ1) is 6.01. The van der Waals surface area contributed by atoms with Crippen LogP contribution in [-0.4, -0.2) is 37.6 Å². The van der Waals surface area contributed by atoms with Crippen molar-refractivity contribution >= 4 is 5.97 Å². The zero-order valence-corrected chi connectivity index (χ0v) is 8.96. The number of ether oxygens (including phenoxy) is 1. The van der Waals surface area contributed by atoms with Gasteiger partial charge in [0.2, 0.25) is 0 Å². The Bertz CT molecular complexity index is 201. The summed E-state index contributed by atoms with van der Waals surface area (Å²) in [6.45, 7) is 9.22. The van der Waals surface area contributed by atoms with Crippen LogP contribution < -0.4 is 0 Å². The van der Waals surface area contributed by atoms with Crippen LogP contribution in [0.3, 0.4) is 0 Å². The molecule has 0 saturated carbocycles. The summed E-state index contributed by atoms with van der Waals surface area (Å²) in [5, 5.41) is 0. The minimum atomic E-state index is -0.0686. The number of methoxy groups -OCH3 is 1. The molecule has 1 heterocycles. The maximum absolute atomic E-state index is 11.4. The molecule has 0 aliphatic carbocycles. The SMILES string of the molecule is CCN1CC(C(=O)OC)C(C)(C)C1. The molecule has 0 N–H and O–H groups in total. The van der Waals surface area contributed by atoms with Gasteiger partial charge in [-0.3, -0.25) is 4.79 Å². The van der Waals surface area contributed by atoms with E-state index in [2.05, 4.69) is 25.7 Å². The molecular formula is C10H19NO2. The van der Waals surface area contributed by atoms with Crippen LogP contribution in [0.15, 0.2) is 0 Å². The summed E-state index contributed by atoms with van der Waals surface area (Å²) in [5.41, 5.74) is 0.0586. The molecule has 1 rings (SSSR count). The van der Waals surface area contributed by atoms with E-state index in [1.807, 2.05) is 0 Å². The van der Waals surface area contributed by atoms with Crippen LogP contribution in [0, 0.1) is 11.3 Å². The van der Waals surface area contributed by atoms with Crippen molar-refractivity contribution < 1.29 is 9.53 Å². The third-order valence-electron chi connectivity index (χ3n) is 2.95. The van der Waals surface area contributed by atoms with Crippen LogP contribution >= 0.6 is 0 Å². The van der Waals surface area contributed by atoms with Crippen LogP contribution in [0.1, 0.15) is 20.8 Å². The largest absolute Gasteiger partial charge is 0.469 e. The highest BCUT2D eigenvalue weighted by Gasteiger charge is 2.43. The second-order valence-corrected chi connectivity index (χ2v) is 4.39. The predicted molar refractivity (Wildman–Crippen MR) is 51.4 cm³/mol. The third kappa shape index (κ3) is 2.02. The van der Waals surface area contributed by atoms with Gasteiger partial charge in [0.1, 0.15) is 0 Å². The van der Waals surface area contributed by atoms with Gasteiger partial charge in [-0.15, -0.1) is 0 Å². The second-order valence-electron chi connectivity index (χ2n) is 4.39. The van der Waals surface area contributed by atoms with Gasteiger partial charge in [0.05, 0.1) is 13.0 Å². The van der Waals surface area contributed by atoms with Crippen molar-refractivity contribution in [3.8, 4) is 0 Å². The smallest absolute Gasteiger partial charge is 0.310 e. The van der Waals surface area contributed by atoms with E-state index in [0.29, 0.717) is 0 Å². The maximum Gasteiger partial charge on any atom is 0.310 e. The quantitative estimate of drug-likeness (QED) is 0.604. The normalized spacial score (nSPS) is 27.5. The van der Waals surface area contributed by atoms with Gasteiger partial charge in [-0.25, -0.2) is 0 Å². The van der Waals surface area contributed by atoms with Crippen LogP contribution in [0.4, 0.5) is 0 Å². The molecule has 0 bridgehead atoms. The molecular weight excluding hydrogens is 166 g/mol. The average Bonchev–Trinajstić information content (AvgIpc) is 2.39. The van der Waals surface area contributed by atoms with Gasteiger partial charge in [-0.2, -0.15) is 0 Å². The van der Waals surface area contributed by atoms with E-state index in [1.54, 1.807) is 0 Å². The minimum absolute atomic E-state index is 0.0393. The zero-order valence-electron chi connectivity index (χ0n) is 8.96. The van der Waals surface area contributed by atoms with E-state index in [9.17, 15) is 4.79 Å². The summed E-state index contributed by atoms with van der Waals surface area (Å²) in [7, 11) is 1.47. The fourth-order valence-electron chi connectivity index (χ4n) is 2.03. The fraction of sp³-hybridized carbons (Fsp3) is 0.900. The number of carbonyl (C=O) groups is 1. The number of hydrogen-bond acceptors (Lipinski definition) is 3. The summed E-state index contributed by atoms with van der Waals surface area (Å²) in [6, 6.07) is 0. The highest BCUT2D eigenvalue weighted by molar-refractivity contribution is 5.74. The lowest BCUT2D eigenvalue weighted by Gasteiger charge is -2.23. The summed E-state index contributed by atoms with van der Waals surface area (Å²) in [4.78, 5) is 13.7. The van der Waals surface area contributed by atoms with Crippen molar-refractivity contribution in [2.75, 3.05) is 26.7 Å². The molecule has 1 aliphatic rings. The molecule has 1 aliphatic heterocycles. The van der Waals surface area contributed by atoms with Crippen LogP contribution in [0.5, 0.6) is 0 Å². The van der Waals surface area contributed by atoms with Crippen molar-refractivity contribution in [2.45, 2.75) is 20.8 Å². The molecule has 0 aromatic carbocycles. The fourth-order valence-corrected chi connectivity index (χ4v) is 2.03. The number of esters is 1. The van der Waals surface area contributed by atoms with Crippen molar-refractivity contribution in [2.24, 2.45) is 11.3 Å². The van der Waals surface area contributed by atoms with Gasteiger partial charge in [-0.1, -0.05) is 20.8 Å². The Morgan fingerprint density at radius 2 is 2.23 bits per heavy atom.